The van der Waals surface area contributed by atoms with Crippen LogP contribution in [0.5, 0.6) is 0 Å². The fourth-order valence-electron chi connectivity index (χ4n) is 1.88. The summed E-state index contributed by atoms with van der Waals surface area (Å²) in [7, 11) is 0. The zero-order chi connectivity index (χ0) is 16.1. The Balaban J connectivity index is 2.57. The highest BCUT2D eigenvalue weighted by atomic mass is 16.5. The van der Waals surface area contributed by atoms with Gasteiger partial charge < -0.3 is 4.74 Å². The highest BCUT2D eigenvalue weighted by Crippen LogP contribution is 2.25. The van der Waals surface area contributed by atoms with Crippen molar-refractivity contribution in [2.24, 2.45) is 10.8 Å². The molecule has 1 aromatic rings. The number of hydrogen-bond acceptors (Lipinski definition) is 4. The third-order valence-corrected chi connectivity index (χ3v) is 4.21. The van der Waals surface area contributed by atoms with Crippen LogP contribution in [0.4, 0.5) is 0 Å². The lowest BCUT2D eigenvalue weighted by Crippen LogP contribution is -2.33. The van der Waals surface area contributed by atoms with Gasteiger partial charge in [0.2, 0.25) is 0 Å². The van der Waals surface area contributed by atoms with Gasteiger partial charge >= 0.3 is 0 Å². The first kappa shape index (κ1) is 17.8. The molecule has 0 aliphatic carbocycles. The zero-order valence-electron chi connectivity index (χ0n) is 14.3. The molecule has 21 heavy (non-hydrogen) atoms. The number of aromatic nitrogens is 3. The Bertz CT molecular complexity index is 468. The summed E-state index contributed by atoms with van der Waals surface area (Å²) in [5, 5.41) is 8.29. The number of nitrogens with zero attached hydrogens (tertiary/aromatic N) is 3. The van der Waals surface area contributed by atoms with Gasteiger partial charge in [-0.1, -0.05) is 39.8 Å². The molecule has 0 aliphatic rings. The molecule has 1 aromatic heterocycles. The summed E-state index contributed by atoms with van der Waals surface area (Å²) in [6.07, 6.45) is 3.87. The van der Waals surface area contributed by atoms with Gasteiger partial charge in [0.1, 0.15) is 5.78 Å². The van der Waals surface area contributed by atoms with Gasteiger partial charge in [0.25, 0.3) is 0 Å². The fourth-order valence-corrected chi connectivity index (χ4v) is 1.88. The SMILES string of the molecule is CCc1cn(CC(C)(CC)COCC(C)(C)C(C)=O)nn1. The van der Waals surface area contributed by atoms with E-state index in [9.17, 15) is 4.79 Å². The number of rotatable bonds is 9. The largest absolute Gasteiger partial charge is 0.380 e. The molecule has 120 valence electrons. The summed E-state index contributed by atoms with van der Waals surface area (Å²) in [5.74, 6) is 0.157. The van der Waals surface area contributed by atoms with E-state index >= 15 is 0 Å². The normalized spacial score (nSPS) is 15.0. The summed E-state index contributed by atoms with van der Waals surface area (Å²) in [4.78, 5) is 11.5. The number of Topliss-reactive ketones (excluding diaryl/α,β-unsaturated/α-hetero) is 1. The van der Waals surface area contributed by atoms with E-state index in [2.05, 4.69) is 31.1 Å². The maximum atomic E-state index is 11.5. The van der Waals surface area contributed by atoms with E-state index in [1.807, 2.05) is 24.7 Å². The Morgan fingerprint density at radius 2 is 1.95 bits per heavy atom. The Hall–Kier alpha value is -1.23. The monoisotopic (exact) mass is 295 g/mol. The Labute approximate surface area is 128 Å². The molecule has 0 fully saturated rings. The quantitative estimate of drug-likeness (QED) is 0.703. The molecule has 1 rings (SSSR count). The standard InChI is InChI=1S/C16H29N3O2/c1-7-14-9-19(18-17-14)10-16(6,8-2)12-21-11-15(4,5)13(3)20/h9H,7-8,10-12H2,1-6H3. The number of carbonyl (C=O) groups is 1. The van der Waals surface area contributed by atoms with E-state index in [0.29, 0.717) is 13.2 Å². The average Bonchev–Trinajstić information content (AvgIpc) is 2.85. The summed E-state index contributed by atoms with van der Waals surface area (Å²) in [6, 6.07) is 0. The van der Waals surface area contributed by atoms with Crippen LogP contribution in [0.3, 0.4) is 0 Å². The predicted molar refractivity (Wildman–Crippen MR) is 83.1 cm³/mol. The van der Waals surface area contributed by atoms with Gasteiger partial charge in [0, 0.05) is 17.0 Å². The molecule has 0 saturated heterocycles. The highest BCUT2D eigenvalue weighted by Gasteiger charge is 2.28. The van der Waals surface area contributed by atoms with Crippen LogP contribution in [-0.4, -0.2) is 34.0 Å². The molecule has 0 amide bonds. The summed E-state index contributed by atoms with van der Waals surface area (Å²) in [6.45, 7) is 13.7. The Morgan fingerprint density at radius 3 is 2.43 bits per heavy atom. The van der Waals surface area contributed by atoms with Crippen molar-refractivity contribution in [1.29, 1.82) is 0 Å². The number of aryl methyl sites for hydroxylation is 1. The topological polar surface area (TPSA) is 57.0 Å². The zero-order valence-corrected chi connectivity index (χ0v) is 14.3. The van der Waals surface area contributed by atoms with Crippen molar-refractivity contribution < 1.29 is 9.53 Å². The highest BCUT2D eigenvalue weighted by molar-refractivity contribution is 5.81. The molecule has 0 saturated carbocycles. The van der Waals surface area contributed by atoms with E-state index in [-0.39, 0.29) is 11.2 Å². The van der Waals surface area contributed by atoms with Crippen molar-refractivity contribution in [3.8, 4) is 0 Å². The summed E-state index contributed by atoms with van der Waals surface area (Å²) < 4.78 is 7.73. The molecular formula is C16H29N3O2. The van der Waals surface area contributed by atoms with Crippen LogP contribution < -0.4 is 0 Å². The lowest BCUT2D eigenvalue weighted by molar-refractivity contribution is -0.129. The second-order valence-electron chi connectivity index (χ2n) is 6.86. The third kappa shape index (κ3) is 5.23. The lowest BCUT2D eigenvalue weighted by Gasteiger charge is -2.30. The lowest BCUT2D eigenvalue weighted by atomic mass is 9.87. The molecule has 1 heterocycles. The molecule has 5 nitrogen and oxygen atoms in total. The first-order valence-corrected chi connectivity index (χ1v) is 7.70. The maximum Gasteiger partial charge on any atom is 0.137 e. The van der Waals surface area contributed by atoms with Crippen LogP contribution >= 0.6 is 0 Å². The third-order valence-electron chi connectivity index (χ3n) is 4.21. The van der Waals surface area contributed by atoms with Crippen molar-refractivity contribution >= 4 is 5.78 Å². The van der Waals surface area contributed by atoms with Gasteiger partial charge in [-0.15, -0.1) is 5.10 Å². The minimum atomic E-state index is -0.419. The smallest absolute Gasteiger partial charge is 0.137 e. The van der Waals surface area contributed by atoms with Crippen LogP contribution in [-0.2, 0) is 22.5 Å². The van der Waals surface area contributed by atoms with E-state index in [1.54, 1.807) is 6.92 Å². The van der Waals surface area contributed by atoms with Crippen molar-refractivity contribution in [2.45, 2.75) is 60.9 Å². The van der Waals surface area contributed by atoms with Crippen molar-refractivity contribution in [3.05, 3.63) is 11.9 Å². The average molecular weight is 295 g/mol. The van der Waals surface area contributed by atoms with Crippen molar-refractivity contribution in [1.82, 2.24) is 15.0 Å². The molecule has 0 spiro atoms. The molecular weight excluding hydrogens is 266 g/mol. The van der Waals surface area contributed by atoms with Gasteiger partial charge in [0.15, 0.2) is 0 Å². The minimum Gasteiger partial charge on any atom is -0.380 e. The molecule has 0 bridgehead atoms. The molecule has 1 unspecified atom stereocenters. The van der Waals surface area contributed by atoms with Gasteiger partial charge in [-0.05, 0) is 19.8 Å². The molecule has 0 radical (unpaired) electrons. The van der Waals surface area contributed by atoms with Crippen LogP contribution in [0.25, 0.3) is 0 Å². The Kier molecular flexibility index (Phi) is 6.08. The molecule has 5 heteroatoms. The van der Waals surface area contributed by atoms with Crippen LogP contribution in [0, 0.1) is 10.8 Å². The van der Waals surface area contributed by atoms with Gasteiger partial charge in [-0.25, -0.2) is 0 Å². The first-order valence-electron chi connectivity index (χ1n) is 7.70. The number of hydrogen-bond donors (Lipinski definition) is 0. The van der Waals surface area contributed by atoms with E-state index in [4.69, 9.17) is 4.74 Å². The van der Waals surface area contributed by atoms with E-state index < -0.39 is 5.41 Å². The predicted octanol–water partition coefficient (Wildman–Crippen LogP) is 2.89. The van der Waals surface area contributed by atoms with Gasteiger partial charge in [-0.3, -0.25) is 9.48 Å². The second-order valence-corrected chi connectivity index (χ2v) is 6.86. The molecule has 0 aromatic carbocycles. The fraction of sp³-hybridized carbons (Fsp3) is 0.812. The molecule has 0 N–H and O–H groups in total. The molecule has 1 atom stereocenters. The minimum absolute atomic E-state index is 0.00835. The van der Waals surface area contributed by atoms with Crippen LogP contribution in [0.2, 0.25) is 0 Å². The second kappa shape index (κ2) is 7.16. The van der Waals surface area contributed by atoms with Gasteiger partial charge in [-0.2, -0.15) is 0 Å². The Morgan fingerprint density at radius 1 is 1.29 bits per heavy atom. The molecule has 0 aliphatic heterocycles. The maximum absolute atomic E-state index is 11.5. The van der Waals surface area contributed by atoms with Crippen LogP contribution in [0.1, 0.15) is 53.7 Å². The summed E-state index contributed by atoms with van der Waals surface area (Å²) in [5.41, 5.74) is 0.579. The van der Waals surface area contributed by atoms with E-state index in [0.717, 1.165) is 25.1 Å². The van der Waals surface area contributed by atoms with Gasteiger partial charge in [0.05, 0.1) is 25.5 Å². The van der Waals surface area contributed by atoms with Crippen molar-refractivity contribution in [2.75, 3.05) is 13.2 Å². The number of ether oxygens (including phenoxy) is 1. The summed E-state index contributed by atoms with van der Waals surface area (Å²) >= 11 is 0. The number of ketones is 1. The van der Waals surface area contributed by atoms with Crippen LogP contribution in [0.15, 0.2) is 6.20 Å². The van der Waals surface area contributed by atoms with Crippen molar-refractivity contribution in [3.63, 3.8) is 0 Å². The number of carbonyl (C=O) groups excluding carboxylic acids is 1. The first-order chi connectivity index (χ1) is 9.72. The van der Waals surface area contributed by atoms with E-state index in [1.165, 1.54) is 0 Å².